The highest BCUT2D eigenvalue weighted by Crippen LogP contribution is 2.19. The Balaban J connectivity index is 1.80. The largest absolute Gasteiger partial charge is 0.368 e. The maximum atomic E-state index is 12.4. The lowest BCUT2D eigenvalue weighted by molar-refractivity contribution is -0.127. The van der Waals surface area contributed by atoms with Gasteiger partial charge in [0.05, 0.1) is 6.42 Å². The van der Waals surface area contributed by atoms with E-state index in [1.165, 1.54) is 0 Å². The number of nitrogens with two attached hydrogens (primary N) is 1. The van der Waals surface area contributed by atoms with Crippen molar-refractivity contribution in [2.45, 2.75) is 12.5 Å². The van der Waals surface area contributed by atoms with Crippen molar-refractivity contribution < 1.29 is 9.59 Å². The molecule has 0 aliphatic rings. The molecule has 2 amide bonds. The van der Waals surface area contributed by atoms with Gasteiger partial charge in [0.1, 0.15) is 6.04 Å². The molecule has 0 bridgehead atoms. The fraction of sp³-hybridized carbons (Fsp3) is 0.100. The Bertz CT molecular complexity index is 870. The number of hydrogen-bond acceptors (Lipinski definition) is 2. The highest BCUT2D eigenvalue weighted by Gasteiger charge is 2.20. The number of carbonyl (C=O) groups is 2. The number of amides is 2. The molecule has 0 saturated heterocycles. The Labute approximate surface area is 140 Å². The van der Waals surface area contributed by atoms with Crippen molar-refractivity contribution in [3.8, 4) is 0 Å². The van der Waals surface area contributed by atoms with Crippen molar-refractivity contribution in [1.82, 2.24) is 5.32 Å². The smallest absolute Gasteiger partial charge is 0.244 e. The fourth-order valence-corrected chi connectivity index (χ4v) is 2.80. The van der Waals surface area contributed by atoms with E-state index in [-0.39, 0.29) is 12.3 Å². The predicted octanol–water partition coefficient (Wildman–Crippen LogP) is 2.73. The van der Waals surface area contributed by atoms with Gasteiger partial charge in [0, 0.05) is 0 Å². The molecule has 0 fully saturated rings. The van der Waals surface area contributed by atoms with E-state index < -0.39 is 11.9 Å². The molecule has 4 nitrogen and oxygen atoms in total. The number of hydrogen-bond donors (Lipinski definition) is 2. The maximum Gasteiger partial charge on any atom is 0.244 e. The van der Waals surface area contributed by atoms with E-state index in [1.54, 1.807) is 12.1 Å². The topological polar surface area (TPSA) is 72.2 Å². The first kappa shape index (κ1) is 15.7. The first-order valence-electron chi connectivity index (χ1n) is 7.75. The van der Waals surface area contributed by atoms with Crippen molar-refractivity contribution in [3.05, 3.63) is 83.9 Å². The number of fused-ring (bicyclic) bond motifs is 1. The molecule has 0 heterocycles. The molecule has 3 N–H and O–H groups in total. The van der Waals surface area contributed by atoms with Gasteiger partial charge in [0.25, 0.3) is 0 Å². The van der Waals surface area contributed by atoms with Crippen LogP contribution in [0.2, 0.25) is 0 Å². The Kier molecular flexibility index (Phi) is 4.57. The monoisotopic (exact) mass is 318 g/mol. The summed E-state index contributed by atoms with van der Waals surface area (Å²) in [5.41, 5.74) is 7.04. The van der Waals surface area contributed by atoms with E-state index in [1.807, 2.05) is 60.7 Å². The lowest BCUT2D eigenvalue weighted by Gasteiger charge is -2.16. The Morgan fingerprint density at radius 1 is 0.875 bits per heavy atom. The highest BCUT2D eigenvalue weighted by atomic mass is 16.2. The third-order valence-electron chi connectivity index (χ3n) is 3.95. The fourth-order valence-electron chi connectivity index (χ4n) is 2.80. The molecular formula is C20H18N2O2. The first-order chi connectivity index (χ1) is 11.6. The summed E-state index contributed by atoms with van der Waals surface area (Å²) in [5.74, 6) is -0.813. The number of carbonyl (C=O) groups excluding carboxylic acids is 2. The van der Waals surface area contributed by atoms with Crippen LogP contribution in [0.25, 0.3) is 10.8 Å². The summed E-state index contributed by atoms with van der Waals surface area (Å²) in [5, 5.41) is 4.85. The van der Waals surface area contributed by atoms with Gasteiger partial charge in [0.15, 0.2) is 0 Å². The van der Waals surface area contributed by atoms with E-state index in [4.69, 9.17) is 5.73 Å². The van der Waals surface area contributed by atoms with Crippen LogP contribution in [-0.2, 0) is 16.0 Å². The van der Waals surface area contributed by atoms with Gasteiger partial charge >= 0.3 is 0 Å². The molecule has 3 rings (SSSR count). The molecule has 0 radical (unpaired) electrons. The van der Waals surface area contributed by atoms with Crippen LogP contribution in [0.5, 0.6) is 0 Å². The zero-order valence-electron chi connectivity index (χ0n) is 13.1. The molecular weight excluding hydrogens is 300 g/mol. The molecule has 120 valence electrons. The summed E-state index contributed by atoms with van der Waals surface area (Å²) >= 11 is 0. The molecule has 3 aromatic rings. The van der Waals surface area contributed by atoms with Crippen molar-refractivity contribution in [1.29, 1.82) is 0 Å². The number of rotatable bonds is 5. The SMILES string of the molecule is NC(=O)C(NC(=O)Cc1cccc2ccccc12)c1ccccc1. The van der Waals surface area contributed by atoms with Gasteiger partial charge in [-0.3, -0.25) is 9.59 Å². The summed E-state index contributed by atoms with van der Waals surface area (Å²) in [6.45, 7) is 0. The molecule has 24 heavy (non-hydrogen) atoms. The van der Waals surface area contributed by atoms with Crippen LogP contribution in [-0.4, -0.2) is 11.8 Å². The Morgan fingerprint density at radius 2 is 1.54 bits per heavy atom. The van der Waals surface area contributed by atoms with Crippen LogP contribution in [0.15, 0.2) is 72.8 Å². The summed E-state index contributed by atoms with van der Waals surface area (Å²) < 4.78 is 0. The van der Waals surface area contributed by atoms with Gasteiger partial charge in [-0.1, -0.05) is 72.8 Å². The average molecular weight is 318 g/mol. The van der Waals surface area contributed by atoms with Gasteiger partial charge < -0.3 is 11.1 Å². The summed E-state index contributed by atoms with van der Waals surface area (Å²) in [6.07, 6.45) is 0.192. The number of primary amides is 1. The summed E-state index contributed by atoms with van der Waals surface area (Å²) in [7, 11) is 0. The summed E-state index contributed by atoms with van der Waals surface area (Å²) in [4.78, 5) is 24.1. The number of benzene rings is 3. The third kappa shape index (κ3) is 3.43. The molecule has 0 aliphatic heterocycles. The van der Waals surface area contributed by atoms with E-state index >= 15 is 0 Å². The van der Waals surface area contributed by atoms with Gasteiger partial charge in [-0.05, 0) is 21.9 Å². The highest BCUT2D eigenvalue weighted by molar-refractivity contribution is 5.92. The van der Waals surface area contributed by atoms with Crippen LogP contribution in [0.4, 0.5) is 0 Å². The van der Waals surface area contributed by atoms with Crippen molar-refractivity contribution in [2.24, 2.45) is 5.73 Å². The average Bonchev–Trinajstić information content (AvgIpc) is 2.60. The van der Waals surface area contributed by atoms with Crippen LogP contribution in [0, 0.1) is 0 Å². The van der Waals surface area contributed by atoms with Gasteiger partial charge in [0.2, 0.25) is 11.8 Å². The molecule has 0 aromatic heterocycles. The van der Waals surface area contributed by atoms with Crippen LogP contribution in [0.1, 0.15) is 17.2 Å². The zero-order valence-corrected chi connectivity index (χ0v) is 13.1. The van der Waals surface area contributed by atoms with Crippen LogP contribution < -0.4 is 11.1 Å². The van der Waals surface area contributed by atoms with Gasteiger partial charge in [-0.25, -0.2) is 0 Å². The van der Waals surface area contributed by atoms with Gasteiger partial charge in [-0.15, -0.1) is 0 Å². The maximum absolute atomic E-state index is 12.4. The molecule has 0 saturated carbocycles. The first-order valence-corrected chi connectivity index (χ1v) is 7.75. The van der Waals surface area contributed by atoms with E-state index in [9.17, 15) is 9.59 Å². The van der Waals surface area contributed by atoms with Crippen molar-refractivity contribution in [3.63, 3.8) is 0 Å². The molecule has 4 heteroatoms. The van der Waals surface area contributed by atoms with Crippen LogP contribution in [0.3, 0.4) is 0 Å². The standard InChI is InChI=1S/C20H18N2O2/c21-20(24)19(15-8-2-1-3-9-15)22-18(23)13-16-11-6-10-14-7-4-5-12-17(14)16/h1-12,19H,13H2,(H2,21,24)(H,22,23). The Morgan fingerprint density at radius 3 is 2.29 bits per heavy atom. The normalized spacial score (nSPS) is 11.8. The van der Waals surface area contributed by atoms with E-state index in [0.717, 1.165) is 16.3 Å². The minimum atomic E-state index is -0.825. The second-order valence-electron chi connectivity index (χ2n) is 5.63. The lowest BCUT2D eigenvalue weighted by Crippen LogP contribution is -2.38. The molecule has 1 unspecified atom stereocenters. The molecule has 3 aromatic carbocycles. The minimum Gasteiger partial charge on any atom is -0.368 e. The molecule has 1 atom stereocenters. The summed E-state index contributed by atoms with van der Waals surface area (Å²) in [6, 6.07) is 21.9. The van der Waals surface area contributed by atoms with Crippen molar-refractivity contribution >= 4 is 22.6 Å². The van der Waals surface area contributed by atoms with E-state index in [2.05, 4.69) is 5.32 Å². The minimum absolute atomic E-state index is 0.192. The second-order valence-corrected chi connectivity index (χ2v) is 5.63. The van der Waals surface area contributed by atoms with Crippen molar-refractivity contribution in [2.75, 3.05) is 0 Å². The predicted molar refractivity (Wildman–Crippen MR) is 94.2 cm³/mol. The Hall–Kier alpha value is -3.14. The third-order valence-corrected chi connectivity index (χ3v) is 3.95. The van der Waals surface area contributed by atoms with Gasteiger partial charge in [-0.2, -0.15) is 0 Å². The number of nitrogens with one attached hydrogen (secondary N) is 1. The zero-order chi connectivity index (χ0) is 16.9. The van der Waals surface area contributed by atoms with Crippen LogP contribution >= 0.6 is 0 Å². The van der Waals surface area contributed by atoms with E-state index in [0.29, 0.717) is 5.56 Å². The molecule has 0 spiro atoms. The lowest BCUT2D eigenvalue weighted by atomic mass is 10.0. The second kappa shape index (κ2) is 6.96. The quantitative estimate of drug-likeness (QED) is 0.759. The molecule has 0 aliphatic carbocycles.